The smallest absolute Gasteiger partial charge is 0.359 e. The fourth-order valence-electron chi connectivity index (χ4n) is 4.48. The Morgan fingerprint density at radius 3 is 1.73 bits per heavy atom. The largest absolute Gasteiger partial charge is 0.505 e. The molecule has 2 aliphatic heterocycles. The molecule has 0 spiro atoms. The van der Waals surface area contributed by atoms with Crippen molar-refractivity contribution >= 4 is 76.4 Å². The monoisotopic (exact) mass is 751 g/mol. The maximum Gasteiger partial charge on any atom is 0.359 e. The van der Waals surface area contributed by atoms with Gasteiger partial charge >= 0.3 is 5.97 Å². The Kier molecular flexibility index (Phi) is 11.0. The minimum atomic E-state index is -3.90. The number of nitrogens with one attached hydrogen (secondary N) is 1. The first kappa shape index (κ1) is 36.8. The summed E-state index contributed by atoms with van der Waals surface area (Å²) >= 11 is 2.76. The van der Waals surface area contributed by atoms with Crippen molar-refractivity contribution in [1.82, 2.24) is 18.6 Å². The minimum Gasteiger partial charge on any atom is -0.505 e. The predicted octanol–water partition coefficient (Wildman–Crippen LogP) is 4.34. The van der Waals surface area contributed by atoms with E-state index in [4.69, 9.17) is 10.5 Å². The fraction of sp³-hybridized carbons (Fsp3) is 0.200. The zero-order chi connectivity index (χ0) is 36.3. The number of fused-ring (bicyclic) bond motifs is 2. The molecule has 0 aliphatic carbocycles. The summed E-state index contributed by atoms with van der Waals surface area (Å²) in [4.78, 5) is 34.0. The molecule has 6 rings (SSSR count). The van der Waals surface area contributed by atoms with E-state index in [-0.39, 0.29) is 46.1 Å². The molecule has 0 atom stereocenters. The lowest BCUT2D eigenvalue weighted by atomic mass is 10.1. The third-order valence-corrected chi connectivity index (χ3v) is 12.0. The van der Waals surface area contributed by atoms with Crippen LogP contribution in [0.3, 0.4) is 0 Å². The van der Waals surface area contributed by atoms with Gasteiger partial charge in [0, 0.05) is 48.8 Å². The number of aliphatic hydroxyl groups is 2. The van der Waals surface area contributed by atoms with Gasteiger partial charge in [0.15, 0.2) is 33.2 Å². The number of nitrogens with zero attached hydrogens (tertiary/aromatic N) is 4. The Morgan fingerprint density at radius 1 is 0.837 bits per heavy atom. The van der Waals surface area contributed by atoms with Gasteiger partial charge in [0.1, 0.15) is 0 Å². The van der Waals surface area contributed by atoms with E-state index >= 15 is 0 Å². The van der Waals surface area contributed by atoms with Gasteiger partial charge in [-0.3, -0.25) is 18.7 Å². The first-order valence-corrected chi connectivity index (χ1v) is 18.7. The highest BCUT2D eigenvalue weighted by molar-refractivity contribution is 7.89. The van der Waals surface area contributed by atoms with Crippen LogP contribution in [0.1, 0.15) is 29.2 Å². The summed E-state index contributed by atoms with van der Waals surface area (Å²) in [5.74, 6) is -2.40. The minimum absolute atomic E-state index is 0. The first-order valence-electron chi connectivity index (χ1n) is 14.1. The summed E-state index contributed by atoms with van der Waals surface area (Å²) in [5.41, 5.74) is 4.78. The van der Waals surface area contributed by atoms with Gasteiger partial charge < -0.3 is 20.7 Å². The van der Waals surface area contributed by atoms with Crippen LogP contribution in [0, 0.1) is 13.8 Å². The van der Waals surface area contributed by atoms with Crippen molar-refractivity contribution in [3.05, 3.63) is 93.2 Å². The summed E-state index contributed by atoms with van der Waals surface area (Å²) < 4.78 is 55.8. The summed E-state index contributed by atoms with van der Waals surface area (Å²) in [6, 6.07) is 11.9. The maximum absolute atomic E-state index is 12.5. The molecule has 1 amide bonds. The van der Waals surface area contributed by atoms with E-state index in [9.17, 15) is 36.6 Å². The predicted molar refractivity (Wildman–Crippen MR) is 187 cm³/mol. The number of aryl methyl sites for hydroxylation is 2. The molecule has 0 saturated carbocycles. The number of carbonyl (C=O) groups is 2. The second kappa shape index (κ2) is 14.6. The zero-order valence-corrected chi connectivity index (χ0v) is 30.0. The molecule has 49 heavy (non-hydrogen) atoms. The lowest BCUT2D eigenvalue weighted by molar-refractivity contribution is -0.139. The number of carbonyl (C=O) groups excluding carboxylic acids is 2. The molecule has 2 aromatic heterocycles. The molecule has 0 fully saturated rings. The van der Waals surface area contributed by atoms with Crippen LogP contribution in [0.2, 0.25) is 0 Å². The Labute approximate surface area is 292 Å². The van der Waals surface area contributed by atoms with E-state index in [1.54, 1.807) is 43.6 Å². The van der Waals surface area contributed by atoms with Gasteiger partial charge in [-0.15, -0.1) is 22.7 Å². The Hall–Kier alpha value is -4.98. The van der Waals surface area contributed by atoms with E-state index in [2.05, 4.69) is 15.3 Å². The number of aliphatic hydroxyl groups excluding tert-OH is 2. The summed E-state index contributed by atoms with van der Waals surface area (Å²) in [5, 5.41) is 24.0. The number of amides is 1. The third kappa shape index (κ3) is 7.53. The maximum atomic E-state index is 12.5. The van der Waals surface area contributed by atoms with Gasteiger partial charge in [-0.05, 0) is 45.0 Å². The molecule has 0 radical (unpaired) electrons. The van der Waals surface area contributed by atoms with E-state index in [0.717, 1.165) is 18.4 Å². The van der Waals surface area contributed by atoms with Crippen LogP contribution in [0.15, 0.2) is 82.1 Å². The Bertz CT molecular complexity index is 2180. The molecule has 4 heterocycles. The Morgan fingerprint density at radius 2 is 1.31 bits per heavy atom. The molecule has 0 unspecified atom stereocenters. The number of nitrogens with two attached hydrogens (primary N) is 1. The molecular formula is C30H34N6O9S4. The summed E-state index contributed by atoms with van der Waals surface area (Å²) in [6.45, 7) is 5.50. The summed E-state index contributed by atoms with van der Waals surface area (Å²) in [7, 11) is -5.32. The van der Waals surface area contributed by atoms with Crippen molar-refractivity contribution in [2.45, 2.75) is 30.6 Å². The lowest BCUT2D eigenvalue weighted by Crippen LogP contribution is -2.37. The number of esters is 1. The van der Waals surface area contributed by atoms with Crippen molar-refractivity contribution in [2.24, 2.45) is 0 Å². The highest BCUT2D eigenvalue weighted by Gasteiger charge is 2.39. The van der Waals surface area contributed by atoms with Crippen LogP contribution < -0.4 is 11.1 Å². The Balaban J connectivity index is 0.000000225. The average molecular weight is 752 g/mol. The van der Waals surface area contributed by atoms with E-state index in [0.29, 0.717) is 10.3 Å². The number of likely N-dealkylation sites (N-methyl/N-ethyl adjacent to an activating group) is 2. The molecule has 2 aliphatic rings. The molecule has 0 saturated heterocycles. The molecule has 2 aromatic carbocycles. The van der Waals surface area contributed by atoms with Crippen molar-refractivity contribution in [1.29, 1.82) is 0 Å². The molecule has 15 nitrogen and oxygen atoms in total. The van der Waals surface area contributed by atoms with Gasteiger partial charge in [0.05, 0.1) is 16.4 Å². The second-order valence-corrected chi connectivity index (χ2v) is 16.5. The number of anilines is 2. The number of nitrogen functional groups attached to an aromatic ring is 1. The van der Waals surface area contributed by atoms with Crippen LogP contribution in [0.4, 0.5) is 10.3 Å². The third-order valence-electron chi connectivity index (χ3n) is 6.80. The quantitative estimate of drug-likeness (QED) is 0.214. The number of rotatable bonds is 4. The van der Waals surface area contributed by atoms with Crippen LogP contribution >= 0.6 is 22.7 Å². The lowest BCUT2D eigenvalue weighted by Gasteiger charge is -2.28. The molecule has 4 aromatic rings. The number of benzene rings is 2. The molecule has 5 N–H and O–H groups in total. The summed E-state index contributed by atoms with van der Waals surface area (Å²) in [6.07, 6.45) is 3.35. The molecule has 262 valence electrons. The molecule has 19 heteroatoms. The topological polar surface area (TPSA) is 222 Å². The number of thiazole rings is 2. The van der Waals surface area contributed by atoms with Crippen molar-refractivity contribution in [2.75, 3.05) is 31.8 Å². The van der Waals surface area contributed by atoms with Crippen LogP contribution in [-0.4, -0.2) is 78.2 Å². The second-order valence-electron chi connectivity index (χ2n) is 10.1. The highest BCUT2D eigenvalue weighted by atomic mass is 32.2. The fourth-order valence-corrected chi connectivity index (χ4v) is 8.47. The van der Waals surface area contributed by atoms with Crippen LogP contribution in [-0.2, 0) is 34.4 Å². The SMILES string of the molecule is CCOC(=O)C1=C(O)c2ccccc2S(=O)(=O)N1C.Cc1cnc(N)s1.Cc1cnc(NC(=O)C2=C(O)c3ccccc3S(=O)(=O)N2C)s1.[2HH]. The van der Waals surface area contributed by atoms with Crippen LogP contribution in [0.25, 0.3) is 11.5 Å². The van der Waals surface area contributed by atoms with Gasteiger partial charge in [-0.2, -0.15) is 0 Å². The molecular weight excluding hydrogens is 717 g/mol. The number of ether oxygens (including phenoxy) is 1. The van der Waals surface area contributed by atoms with E-state index in [1.165, 1.54) is 61.0 Å². The van der Waals surface area contributed by atoms with Gasteiger partial charge in [0.25, 0.3) is 26.0 Å². The van der Waals surface area contributed by atoms with Crippen molar-refractivity contribution in [3.8, 4) is 0 Å². The number of sulfonamides is 2. The van der Waals surface area contributed by atoms with Crippen LogP contribution in [0.5, 0.6) is 0 Å². The van der Waals surface area contributed by atoms with Gasteiger partial charge in [-0.25, -0.2) is 31.6 Å². The first-order chi connectivity index (χ1) is 23.0. The van der Waals surface area contributed by atoms with E-state index in [1.807, 2.05) is 13.8 Å². The number of hydrogen-bond acceptors (Lipinski definition) is 14. The normalized spacial score (nSPS) is 15.5. The highest BCUT2D eigenvalue weighted by Crippen LogP contribution is 2.36. The average Bonchev–Trinajstić information content (AvgIpc) is 3.65. The van der Waals surface area contributed by atoms with E-state index < -0.39 is 37.7 Å². The van der Waals surface area contributed by atoms with Crippen molar-refractivity contribution < 1.29 is 42.8 Å². The molecule has 0 bridgehead atoms. The standard InChI is InChI=1S/C14H13N3O4S2.C12H13NO5S.C4H6N2S.H2/c1-8-7-15-14(22-8)16-13(19)11-12(18)9-5-3-4-6-10(9)23(20,21)17(11)2;1-3-18-12(15)10-11(14)8-6-4-5-7-9(8)19(16,17)13(10)2;1-3-2-6-4(5)7-3;/h3-7,18H,1-2H3,(H,15,16,19);4-7,14H,3H2,1-2H3;2H,1H3,(H2,5,6);1H/i;;;1+1. The number of hydrogen-bond donors (Lipinski definition) is 4. The van der Waals surface area contributed by atoms with Gasteiger partial charge in [0.2, 0.25) is 0 Å². The number of aromatic nitrogens is 2. The van der Waals surface area contributed by atoms with Crippen molar-refractivity contribution in [3.63, 3.8) is 0 Å². The zero-order valence-electron chi connectivity index (χ0n) is 26.7. The van der Waals surface area contributed by atoms with Gasteiger partial charge in [-0.1, -0.05) is 24.3 Å².